The molecule has 2 N–H and O–H groups in total. The van der Waals surface area contributed by atoms with Gasteiger partial charge in [0, 0.05) is 42.6 Å². The second-order valence-corrected chi connectivity index (χ2v) is 8.26. The van der Waals surface area contributed by atoms with E-state index in [2.05, 4.69) is 23.3 Å². The fraction of sp³-hybridized carbons (Fsp3) is 0.333. The number of hydrogen-bond acceptors (Lipinski definition) is 6. The third kappa shape index (κ3) is 4.73. The predicted octanol–water partition coefficient (Wildman–Crippen LogP) is 2.93. The molecule has 0 aliphatic carbocycles. The summed E-state index contributed by atoms with van der Waals surface area (Å²) in [6.45, 7) is 3.24. The maximum atomic E-state index is 14.8. The van der Waals surface area contributed by atoms with E-state index in [0.29, 0.717) is 39.9 Å². The Morgan fingerprint density at radius 1 is 1.26 bits per heavy atom. The number of halogens is 2. The van der Waals surface area contributed by atoms with E-state index in [-0.39, 0.29) is 19.1 Å². The average molecular weight is 465 g/mol. The van der Waals surface area contributed by atoms with Gasteiger partial charge in [0.15, 0.2) is 0 Å². The molecule has 2 aliphatic rings. The van der Waals surface area contributed by atoms with Crippen LogP contribution in [0.3, 0.4) is 0 Å². The van der Waals surface area contributed by atoms with Crippen LogP contribution in [0.25, 0.3) is 0 Å². The van der Waals surface area contributed by atoms with Crippen LogP contribution in [-0.2, 0) is 4.74 Å². The Kier molecular flexibility index (Phi) is 6.54. The number of thiol groups is 1. The molecule has 31 heavy (non-hydrogen) atoms. The lowest BCUT2D eigenvalue weighted by Crippen LogP contribution is -2.44. The first-order chi connectivity index (χ1) is 14.9. The Hall–Kier alpha value is -2.49. The molecule has 7 nitrogen and oxygen atoms in total. The van der Waals surface area contributed by atoms with Gasteiger partial charge < -0.3 is 20.3 Å². The molecule has 2 aromatic rings. The van der Waals surface area contributed by atoms with Gasteiger partial charge in [0.25, 0.3) is 5.91 Å². The smallest absolute Gasteiger partial charge is 0.414 e. The number of cyclic esters (lactones) is 1. The fourth-order valence-corrected chi connectivity index (χ4v) is 4.14. The van der Waals surface area contributed by atoms with Crippen LogP contribution in [0.4, 0.5) is 20.6 Å². The van der Waals surface area contributed by atoms with Gasteiger partial charge in [-0.05, 0) is 36.4 Å². The summed E-state index contributed by atoms with van der Waals surface area (Å²) in [4.78, 5) is 28.7. The Balaban J connectivity index is 1.47. The minimum atomic E-state index is -0.578. The lowest BCUT2D eigenvalue weighted by molar-refractivity contribution is 0.0947. The molecular formula is C21H22ClFN4O3S. The van der Waals surface area contributed by atoms with Gasteiger partial charge in [-0.15, -0.1) is 12.6 Å². The Labute approximate surface area is 189 Å². The summed E-state index contributed by atoms with van der Waals surface area (Å²) in [5.74, 6) is -0.771. The number of carbonyl (C=O) groups excluding carboxylic acids is 2. The van der Waals surface area contributed by atoms with Crippen LogP contribution in [0, 0.1) is 5.82 Å². The lowest BCUT2D eigenvalue weighted by atomic mass is 10.1. The first-order valence-corrected chi connectivity index (χ1v) is 10.7. The second kappa shape index (κ2) is 9.33. The van der Waals surface area contributed by atoms with Gasteiger partial charge >= 0.3 is 6.09 Å². The number of amides is 2. The molecule has 0 saturated carbocycles. The normalized spacial score (nSPS) is 18.8. The van der Waals surface area contributed by atoms with Gasteiger partial charge in [-0.1, -0.05) is 11.6 Å². The molecule has 1 unspecified atom stereocenters. The van der Waals surface area contributed by atoms with Gasteiger partial charge in [-0.25, -0.2) is 9.18 Å². The van der Waals surface area contributed by atoms with E-state index in [0.717, 1.165) is 13.1 Å². The van der Waals surface area contributed by atoms with Gasteiger partial charge in [-0.2, -0.15) is 0 Å². The summed E-state index contributed by atoms with van der Waals surface area (Å²) in [7, 11) is 0. The van der Waals surface area contributed by atoms with Gasteiger partial charge in [0.1, 0.15) is 12.4 Å². The quantitative estimate of drug-likeness (QED) is 0.593. The van der Waals surface area contributed by atoms with Crippen LogP contribution < -0.4 is 20.4 Å². The average Bonchev–Trinajstić information content (AvgIpc) is 3.14. The van der Waals surface area contributed by atoms with E-state index in [1.165, 1.54) is 17.0 Å². The standard InChI is InChI=1S/C21H22ClFN4O3S/c22-13-1-4-19(31)16(9-13)20(28)25-11-15-12-30-21(29)27(15)14-2-3-18(17(23)10-14)26-7-5-24-6-8-26/h1-4,9-10,15,24,31H,5-8,11-12H2,(H,25,28). The minimum Gasteiger partial charge on any atom is -0.447 e. The molecule has 1 atom stereocenters. The molecule has 2 aliphatic heterocycles. The SMILES string of the molecule is O=C(NCC1COC(=O)N1c1ccc(N2CCNCC2)c(F)c1)c1cc(Cl)ccc1S. The Bertz CT molecular complexity index is 1000. The molecule has 10 heteroatoms. The minimum absolute atomic E-state index is 0.0869. The van der Waals surface area contributed by atoms with Crippen molar-refractivity contribution in [2.24, 2.45) is 0 Å². The molecular weight excluding hydrogens is 443 g/mol. The largest absolute Gasteiger partial charge is 0.447 e. The van der Waals surface area contributed by atoms with E-state index < -0.39 is 18.0 Å². The van der Waals surface area contributed by atoms with E-state index in [9.17, 15) is 14.0 Å². The third-order valence-electron chi connectivity index (χ3n) is 5.33. The summed E-state index contributed by atoms with van der Waals surface area (Å²) in [5, 5.41) is 6.43. The zero-order valence-corrected chi connectivity index (χ0v) is 18.3. The zero-order chi connectivity index (χ0) is 22.0. The van der Waals surface area contributed by atoms with Crippen molar-refractivity contribution in [1.29, 1.82) is 0 Å². The lowest BCUT2D eigenvalue weighted by Gasteiger charge is -2.30. The van der Waals surface area contributed by atoms with Gasteiger partial charge in [0.2, 0.25) is 0 Å². The molecule has 2 saturated heterocycles. The number of nitrogens with one attached hydrogen (secondary N) is 2. The summed E-state index contributed by atoms with van der Waals surface area (Å²) < 4.78 is 20.0. The van der Waals surface area contributed by atoms with Crippen LogP contribution >= 0.6 is 24.2 Å². The maximum absolute atomic E-state index is 14.8. The maximum Gasteiger partial charge on any atom is 0.414 e. The number of hydrogen-bond donors (Lipinski definition) is 3. The molecule has 2 aromatic carbocycles. The first kappa shape index (κ1) is 21.7. The number of carbonyl (C=O) groups is 2. The summed E-state index contributed by atoms with van der Waals surface area (Å²) in [6, 6.07) is 9.05. The van der Waals surface area contributed by atoms with Crippen molar-refractivity contribution in [3.63, 3.8) is 0 Å². The highest BCUT2D eigenvalue weighted by Crippen LogP contribution is 2.29. The molecule has 0 bridgehead atoms. The van der Waals surface area contributed by atoms with Crippen molar-refractivity contribution in [2.75, 3.05) is 49.1 Å². The second-order valence-electron chi connectivity index (χ2n) is 7.34. The highest BCUT2D eigenvalue weighted by molar-refractivity contribution is 7.80. The fourth-order valence-electron chi connectivity index (χ4n) is 3.73. The van der Waals surface area contributed by atoms with E-state index >= 15 is 0 Å². The number of benzene rings is 2. The van der Waals surface area contributed by atoms with Crippen LogP contribution in [0.15, 0.2) is 41.3 Å². The van der Waals surface area contributed by atoms with E-state index in [1.807, 2.05) is 4.90 Å². The Morgan fingerprint density at radius 3 is 2.77 bits per heavy atom. The Morgan fingerprint density at radius 2 is 2.03 bits per heavy atom. The van der Waals surface area contributed by atoms with Crippen molar-refractivity contribution >= 4 is 47.6 Å². The van der Waals surface area contributed by atoms with Crippen molar-refractivity contribution in [2.45, 2.75) is 10.9 Å². The predicted molar refractivity (Wildman–Crippen MR) is 120 cm³/mol. The summed E-state index contributed by atoms with van der Waals surface area (Å²) in [5.41, 5.74) is 1.22. The van der Waals surface area contributed by atoms with Crippen LogP contribution in [0.1, 0.15) is 10.4 Å². The monoisotopic (exact) mass is 464 g/mol. The van der Waals surface area contributed by atoms with Crippen LogP contribution in [0.5, 0.6) is 0 Å². The highest BCUT2D eigenvalue weighted by Gasteiger charge is 2.35. The van der Waals surface area contributed by atoms with Crippen molar-refractivity contribution in [3.8, 4) is 0 Å². The number of rotatable bonds is 5. The zero-order valence-electron chi connectivity index (χ0n) is 16.6. The molecule has 2 heterocycles. The molecule has 0 spiro atoms. The number of piperazine rings is 1. The van der Waals surface area contributed by atoms with Crippen molar-refractivity contribution in [1.82, 2.24) is 10.6 Å². The number of anilines is 2. The molecule has 2 amide bonds. The molecule has 4 rings (SSSR count). The third-order valence-corrected chi connectivity index (χ3v) is 5.95. The highest BCUT2D eigenvalue weighted by atomic mass is 35.5. The summed E-state index contributed by atoms with van der Waals surface area (Å²) >= 11 is 10.2. The molecule has 2 fully saturated rings. The van der Waals surface area contributed by atoms with Crippen LogP contribution in [0.2, 0.25) is 5.02 Å². The number of ether oxygens (including phenoxy) is 1. The van der Waals surface area contributed by atoms with Crippen LogP contribution in [-0.4, -0.2) is 57.4 Å². The van der Waals surface area contributed by atoms with E-state index in [1.54, 1.807) is 24.3 Å². The number of nitrogens with zero attached hydrogens (tertiary/aromatic N) is 2. The molecule has 0 aromatic heterocycles. The van der Waals surface area contributed by atoms with Gasteiger partial charge in [0.05, 0.1) is 23.0 Å². The van der Waals surface area contributed by atoms with Crippen molar-refractivity contribution < 1.29 is 18.7 Å². The topological polar surface area (TPSA) is 73.9 Å². The van der Waals surface area contributed by atoms with E-state index in [4.69, 9.17) is 16.3 Å². The molecule has 164 valence electrons. The first-order valence-electron chi connectivity index (χ1n) is 9.92. The summed E-state index contributed by atoms with van der Waals surface area (Å²) in [6.07, 6.45) is -0.578. The van der Waals surface area contributed by atoms with Crippen molar-refractivity contribution in [3.05, 3.63) is 52.8 Å². The van der Waals surface area contributed by atoms with Gasteiger partial charge in [-0.3, -0.25) is 9.69 Å². The molecule has 0 radical (unpaired) electrons.